The third kappa shape index (κ3) is 4.36. The largest absolute Gasteiger partial charge is 0.496 e. The summed E-state index contributed by atoms with van der Waals surface area (Å²) in [5.41, 5.74) is 1.06. The summed E-state index contributed by atoms with van der Waals surface area (Å²) in [5.74, 6) is 0.312. The van der Waals surface area contributed by atoms with Crippen LogP contribution in [0.1, 0.15) is 36.5 Å². The van der Waals surface area contributed by atoms with Gasteiger partial charge in [0.05, 0.1) is 34.9 Å². The quantitative estimate of drug-likeness (QED) is 0.681. The van der Waals surface area contributed by atoms with Crippen LogP contribution in [0.3, 0.4) is 0 Å². The van der Waals surface area contributed by atoms with Gasteiger partial charge in [-0.15, -0.1) is 0 Å². The molecule has 0 N–H and O–H groups in total. The molecule has 2 heterocycles. The molecule has 1 atom stereocenters. The van der Waals surface area contributed by atoms with Crippen LogP contribution in [0.15, 0.2) is 36.7 Å². The molecule has 152 valence electrons. The molecule has 1 unspecified atom stereocenters. The normalized spacial score (nSPS) is 18.2. The smallest absolute Gasteiger partial charge is 0.257 e. The van der Waals surface area contributed by atoms with Crippen LogP contribution < -0.4 is 4.74 Å². The minimum atomic E-state index is -3.10. The second-order valence-electron chi connectivity index (χ2n) is 7.00. The van der Waals surface area contributed by atoms with E-state index in [1.807, 2.05) is 36.0 Å². The summed E-state index contributed by atoms with van der Waals surface area (Å²) in [5, 5.41) is 0.426. The first-order valence-corrected chi connectivity index (χ1v) is 11.6. The van der Waals surface area contributed by atoms with Gasteiger partial charge in [0.1, 0.15) is 5.75 Å². The second-order valence-corrected chi connectivity index (χ2v) is 9.64. The Kier molecular flexibility index (Phi) is 6.35. The van der Waals surface area contributed by atoms with Gasteiger partial charge in [-0.2, -0.15) is 0 Å². The Hall–Kier alpha value is -1.99. The summed E-state index contributed by atoms with van der Waals surface area (Å²) in [6.45, 7) is 2.55. The Labute approximate surface area is 171 Å². The summed E-state index contributed by atoms with van der Waals surface area (Å²) < 4.78 is 31.2. The minimum absolute atomic E-state index is 0.0138. The standard InChI is InChI=1S/C20H25ClN2O4S/c1-3-4-10-23(15-7-11-28(25,26)14-15)20(24)16-12-17(21)18(13-19(16)27-2)22-8-5-6-9-22/h5-6,8-9,12-13,15H,3-4,7,10-11,14H2,1-2H3. The van der Waals surface area contributed by atoms with Gasteiger partial charge in [0, 0.05) is 31.0 Å². The molecule has 1 aromatic heterocycles. The summed E-state index contributed by atoms with van der Waals surface area (Å²) in [6.07, 6.45) is 5.90. The summed E-state index contributed by atoms with van der Waals surface area (Å²) >= 11 is 6.46. The predicted octanol–water partition coefficient (Wildman–Crippen LogP) is 3.57. The maximum absolute atomic E-state index is 13.4. The van der Waals surface area contributed by atoms with E-state index in [9.17, 15) is 13.2 Å². The number of sulfone groups is 1. The number of nitrogens with zero attached hydrogens (tertiary/aromatic N) is 2. The van der Waals surface area contributed by atoms with Crippen LogP contribution in [-0.2, 0) is 9.84 Å². The van der Waals surface area contributed by atoms with Crippen LogP contribution in [0.2, 0.25) is 5.02 Å². The van der Waals surface area contributed by atoms with Crippen LogP contribution >= 0.6 is 11.6 Å². The lowest BCUT2D eigenvalue weighted by Crippen LogP contribution is -2.42. The number of aromatic nitrogens is 1. The molecule has 1 amide bonds. The zero-order valence-corrected chi connectivity index (χ0v) is 17.7. The molecular formula is C20H25ClN2O4S. The van der Waals surface area contributed by atoms with E-state index in [0.717, 1.165) is 12.8 Å². The zero-order chi connectivity index (χ0) is 20.3. The molecule has 0 saturated carbocycles. The third-order valence-electron chi connectivity index (χ3n) is 5.04. The molecule has 1 aromatic carbocycles. The van der Waals surface area contributed by atoms with Gasteiger partial charge in [0.15, 0.2) is 9.84 Å². The minimum Gasteiger partial charge on any atom is -0.496 e. The molecule has 3 rings (SSSR count). The van der Waals surface area contributed by atoms with Crippen molar-refractivity contribution in [3.63, 3.8) is 0 Å². The summed E-state index contributed by atoms with van der Waals surface area (Å²) in [4.78, 5) is 15.0. The van der Waals surface area contributed by atoms with Gasteiger partial charge in [-0.25, -0.2) is 8.42 Å². The topological polar surface area (TPSA) is 68.6 Å². The number of benzene rings is 1. The molecule has 0 aliphatic carbocycles. The third-order valence-corrected chi connectivity index (χ3v) is 7.10. The Balaban J connectivity index is 1.97. The Morgan fingerprint density at radius 2 is 2.04 bits per heavy atom. The fourth-order valence-corrected chi connectivity index (χ4v) is 5.52. The number of rotatable bonds is 7. The van der Waals surface area contributed by atoms with Crippen molar-refractivity contribution in [2.75, 3.05) is 25.2 Å². The number of hydrogen-bond acceptors (Lipinski definition) is 4. The Bertz CT molecular complexity index is 941. The van der Waals surface area contributed by atoms with E-state index in [2.05, 4.69) is 0 Å². The van der Waals surface area contributed by atoms with E-state index < -0.39 is 9.84 Å². The number of amides is 1. The molecule has 1 aliphatic rings. The fourth-order valence-electron chi connectivity index (χ4n) is 3.53. The fraction of sp³-hybridized carbons (Fsp3) is 0.450. The molecule has 0 bridgehead atoms. The first-order valence-electron chi connectivity index (χ1n) is 9.38. The number of halogens is 1. The van der Waals surface area contributed by atoms with Crippen LogP contribution in [0, 0.1) is 0 Å². The van der Waals surface area contributed by atoms with Gasteiger partial charge >= 0.3 is 0 Å². The number of carbonyl (C=O) groups excluding carboxylic acids is 1. The predicted molar refractivity (Wildman–Crippen MR) is 110 cm³/mol. The van der Waals surface area contributed by atoms with Crippen molar-refractivity contribution in [1.82, 2.24) is 9.47 Å². The van der Waals surface area contributed by atoms with Crippen LogP contribution in [0.25, 0.3) is 5.69 Å². The van der Waals surface area contributed by atoms with Crippen LogP contribution in [0.4, 0.5) is 0 Å². The zero-order valence-electron chi connectivity index (χ0n) is 16.1. The first-order chi connectivity index (χ1) is 13.4. The molecule has 2 aromatic rings. The molecule has 1 fully saturated rings. The molecule has 1 saturated heterocycles. The van der Waals surface area contributed by atoms with E-state index in [1.54, 1.807) is 17.0 Å². The number of methoxy groups -OCH3 is 1. The van der Waals surface area contributed by atoms with Crippen molar-refractivity contribution in [1.29, 1.82) is 0 Å². The second kappa shape index (κ2) is 8.57. The Morgan fingerprint density at radius 1 is 1.32 bits per heavy atom. The van der Waals surface area contributed by atoms with E-state index in [0.29, 0.717) is 35.0 Å². The lowest BCUT2D eigenvalue weighted by atomic mass is 10.1. The van der Waals surface area contributed by atoms with Gasteiger partial charge in [0.2, 0.25) is 0 Å². The molecule has 6 nitrogen and oxygen atoms in total. The van der Waals surface area contributed by atoms with Gasteiger partial charge in [-0.1, -0.05) is 24.9 Å². The van der Waals surface area contributed by atoms with Crippen molar-refractivity contribution < 1.29 is 17.9 Å². The Morgan fingerprint density at radius 3 is 2.61 bits per heavy atom. The van der Waals surface area contributed by atoms with E-state index in [4.69, 9.17) is 16.3 Å². The van der Waals surface area contributed by atoms with Crippen LogP contribution in [0.5, 0.6) is 5.75 Å². The SMILES string of the molecule is CCCCN(C(=O)c1cc(Cl)c(-n2cccc2)cc1OC)C1CCS(=O)(=O)C1. The lowest BCUT2D eigenvalue weighted by molar-refractivity contribution is 0.0691. The summed E-state index contributed by atoms with van der Waals surface area (Å²) in [7, 11) is -1.59. The van der Waals surface area contributed by atoms with Gasteiger partial charge < -0.3 is 14.2 Å². The van der Waals surface area contributed by atoms with Crippen molar-refractivity contribution >= 4 is 27.3 Å². The van der Waals surface area contributed by atoms with E-state index in [1.165, 1.54) is 7.11 Å². The highest BCUT2D eigenvalue weighted by Crippen LogP contribution is 2.32. The monoisotopic (exact) mass is 424 g/mol. The van der Waals surface area contributed by atoms with Gasteiger partial charge in [-0.05, 0) is 31.0 Å². The van der Waals surface area contributed by atoms with E-state index >= 15 is 0 Å². The van der Waals surface area contributed by atoms with Crippen molar-refractivity contribution in [3.05, 3.63) is 47.2 Å². The van der Waals surface area contributed by atoms with Gasteiger partial charge in [-0.3, -0.25) is 4.79 Å². The molecule has 28 heavy (non-hydrogen) atoms. The highest BCUT2D eigenvalue weighted by Gasteiger charge is 2.35. The van der Waals surface area contributed by atoms with Crippen molar-refractivity contribution in [2.24, 2.45) is 0 Å². The van der Waals surface area contributed by atoms with E-state index in [-0.39, 0.29) is 23.5 Å². The maximum Gasteiger partial charge on any atom is 0.257 e. The number of unbranched alkanes of at least 4 members (excludes halogenated alkanes) is 1. The highest BCUT2D eigenvalue weighted by molar-refractivity contribution is 7.91. The number of ether oxygens (including phenoxy) is 1. The van der Waals surface area contributed by atoms with Gasteiger partial charge in [0.25, 0.3) is 5.91 Å². The number of hydrogen-bond donors (Lipinski definition) is 0. The molecule has 0 radical (unpaired) electrons. The average molecular weight is 425 g/mol. The lowest BCUT2D eigenvalue weighted by Gasteiger charge is -2.29. The van der Waals surface area contributed by atoms with Crippen molar-refractivity contribution in [2.45, 2.75) is 32.2 Å². The molecule has 0 spiro atoms. The van der Waals surface area contributed by atoms with Crippen molar-refractivity contribution in [3.8, 4) is 11.4 Å². The maximum atomic E-state index is 13.4. The van der Waals surface area contributed by atoms with Crippen LogP contribution in [-0.4, -0.2) is 55.0 Å². The number of carbonyl (C=O) groups is 1. The first kappa shape index (κ1) is 20.7. The highest BCUT2D eigenvalue weighted by atomic mass is 35.5. The molecular weight excluding hydrogens is 400 g/mol. The summed E-state index contributed by atoms with van der Waals surface area (Å²) in [6, 6.07) is 6.81. The average Bonchev–Trinajstić information content (AvgIpc) is 3.31. The molecule has 1 aliphatic heterocycles. The molecule has 8 heteroatoms.